The lowest BCUT2D eigenvalue weighted by Gasteiger charge is -2.28. The van der Waals surface area contributed by atoms with Crippen molar-refractivity contribution in [3.8, 4) is 0 Å². The fourth-order valence-corrected chi connectivity index (χ4v) is 3.17. The second-order valence-corrected chi connectivity index (χ2v) is 7.45. The largest absolute Gasteiger partial charge is 0.459 e. The zero-order valence-electron chi connectivity index (χ0n) is 13.9. The van der Waals surface area contributed by atoms with Gasteiger partial charge in [-0.1, -0.05) is 32.0 Å². The molecule has 1 heterocycles. The topological polar surface area (TPSA) is 59.5 Å². The van der Waals surface area contributed by atoms with E-state index in [1.54, 1.807) is 30.0 Å². The number of rotatable bonds is 7. The van der Waals surface area contributed by atoms with Crippen molar-refractivity contribution in [2.75, 3.05) is 20.1 Å². The molecule has 0 radical (unpaired) electrons. The quantitative estimate of drug-likeness (QED) is 0.787. The van der Waals surface area contributed by atoms with Crippen molar-refractivity contribution in [1.82, 2.24) is 4.90 Å². The SMILES string of the molecule is CN(CC(C)(C)CN)C(=O)c1occc1CSc1ccccc1. The summed E-state index contributed by atoms with van der Waals surface area (Å²) in [6.45, 7) is 5.21. The standard InChI is InChI=1S/C18H24N2O2S/c1-18(2,12-19)13-20(3)17(21)16-14(9-10-22-16)11-23-15-7-5-4-6-8-15/h4-10H,11-13,19H2,1-3H3. The Hall–Kier alpha value is -1.72. The minimum Gasteiger partial charge on any atom is -0.459 e. The summed E-state index contributed by atoms with van der Waals surface area (Å²) < 4.78 is 5.45. The first-order valence-corrected chi connectivity index (χ1v) is 8.61. The van der Waals surface area contributed by atoms with Crippen LogP contribution >= 0.6 is 11.8 Å². The summed E-state index contributed by atoms with van der Waals surface area (Å²) >= 11 is 1.69. The molecule has 0 saturated heterocycles. The van der Waals surface area contributed by atoms with E-state index in [2.05, 4.69) is 12.1 Å². The first-order valence-electron chi connectivity index (χ1n) is 7.63. The van der Waals surface area contributed by atoms with Crippen molar-refractivity contribution in [3.63, 3.8) is 0 Å². The molecule has 2 N–H and O–H groups in total. The lowest BCUT2D eigenvalue weighted by molar-refractivity contribution is 0.0708. The molecule has 1 aromatic carbocycles. The molecule has 0 bridgehead atoms. The van der Waals surface area contributed by atoms with Gasteiger partial charge in [-0.15, -0.1) is 11.8 Å². The zero-order valence-corrected chi connectivity index (χ0v) is 14.7. The number of furan rings is 1. The summed E-state index contributed by atoms with van der Waals surface area (Å²) in [6, 6.07) is 12.0. The fraction of sp³-hybridized carbons (Fsp3) is 0.389. The highest BCUT2D eigenvalue weighted by Gasteiger charge is 2.25. The van der Waals surface area contributed by atoms with Crippen molar-refractivity contribution in [2.24, 2.45) is 11.1 Å². The van der Waals surface area contributed by atoms with E-state index in [9.17, 15) is 4.79 Å². The second kappa shape index (κ2) is 7.70. The Balaban J connectivity index is 2.03. The third-order valence-corrected chi connectivity index (χ3v) is 4.70. The Morgan fingerprint density at radius 2 is 1.96 bits per heavy atom. The molecule has 0 unspecified atom stereocenters. The van der Waals surface area contributed by atoms with Crippen LogP contribution in [-0.4, -0.2) is 30.9 Å². The van der Waals surface area contributed by atoms with Crippen LogP contribution in [0.25, 0.3) is 0 Å². The van der Waals surface area contributed by atoms with E-state index in [0.717, 1.165) is 5.56 Å². The molecule has 0 spiro atoms. The van der Waals surface area contributed by atoms with E-state index in [-0.39, 0.29) is 11.3 Å². The molecule has 2 rings (SSSR count). The molecule has 0 atom stereocenters. The second-order valence-electron chi connectivity index (χ2n) is 6.41. The molecule has 0 aliphatic heterocycles. The van der Waals surface area contributed by atoms with Crippen LogP contribution in [0, 0.1) is 5.41 Å². The predicted octanol–water partition coefficient (Wildman–Crippen LogP) is 3.63. The van der Waals surface area contributed by atoms with Gasteiger partial charge in [-0.2, -0.15) is 0 Å². The highest BCUT2D eigenvalue weighted by atomic mass is 32.2. The fourth-order valence-electron chi connectivity index (χ4n) is 2.27. The van der Waals surface area contributed by atoms with Crippen LogP contribution in [-0.2, 0) is 5.75 Å². The van der Waals surface area contributed by atoms with Gasteiger partial charge in [-0.05, 0) is 30.2 Å². The predicted molar refractivity (Wildman–Crippen MR) is 94.5 cm³/mol. The lowest BCUT2D eigenvalue weighted by atomic mass is 9.93. The van der Waals surface area contributed by atoms with E-state index in [4.69, 9.17) is 10.2 Å². The molecule has 0 aliphatic rings. The maximum absolute atomic E-state index is 12.6. The first kappa shape index (κ1) is 17.6. The van der Waals surface area contributed by atoms with Gasteiger partial charge in [-0.25, -0.2) is 0 Å². The monoisotopic (exact) mass is 332 g/mol. The normalized spacial score (nSPS) is 11.5. The Labute approximate surface area is 142 Å². The summed E-state index contributed by atoms with van der Waals surface area (Å²) in [6.07, 6.45) is 1.58. The molecule has 2 aromatic rings. The van der Waals surface area contributed by atoms with Crippen molar-refractivity contribution in [1.29, 1.82) is 0 Å². The molecule has 4 nitrogen and oxygen atoms in total. The average molecular weight is 332 g/mol. The van der Waals surface area contributed by atoms with Gasteiger partial charge in [0, 0.05) is 29.8 Å². The molecule has 0 fully saturated rings. The number of nitrogens with zero attached hydrogens (tertiary/aromatic N) is 1. The van der Waals surface area contributed by atoms with Crippen molar-refractivity contribution < 1.29 is 9.21 Å². The molecule has 0 saturated carbocycles. The minimum absolute atomic E-state index is 0.0970. The van der Waals surface area contributed by atoms with Crippen molar-refractivity contribution in [3.05, 3.63) is 54.0 Å². The van der Waals surface area contributed by atoms with Gasteiger partial charge < -0.3 is 15.1 Å². The Morgan fingerprint density at radius 3 is 2.61 bits per heavy atom. The Bertz CT molecular complexity index is 637. The summed E-state index contributed by atoms with van der Waals surface area (Å²) in [5, 5.41) is 0. The Morgan fingerprint density at radius 1 is 1.26 bits per heavy atom. The number of thioether (sulfide) groups is 1. The van der Waals surface area contributed by atoms with Crippen LogP contribution in [0.1, 0.15) is 30.0 Å². The summed E-state index contributed by atoms with van der Waals surface area (Å²) in [5.74, 6) is 1.03. The van der Waals surface area contributed by atoms with Gasteiger partial charge in [0.05, 0.1) is 6.26 Å². The van der Waals surface area contributed by atoms with Crippen LogP contribution < -0.4 is 5.73 Å². The van der Waals surface area contributed by atoms with E-state index in [1.807, 2.05) is 38.1 Å². The van der Waals surface area contributed by atoms with E-state index >= 15 is 0 Å². The van der Waals surface area contributed by atoms with Crippen LogP contribution in [0.2, 0.25) is 0 Å². The van der Waals surface area contributed by atoms with Crippen LogP contribution in [0.3, 0.4) is 0 Å². The van der Waals surface area contributed by atoms with Gasteiger partial charge in [0.2, 0.25) is 0 Å². The van der Waals surface area contributed by atoms with E-state index in [0.29, 0.717) is 24.6 Å². The zero-order chi connectivity index (χ0) is 16.9. The van der Waals surface area contributed by atoms with Gasteiger partial charge >= 0.3 is 0 Å². The maximum atomic E-state index is 12.6. The Kier molecular flexibility index (Phi) is 5.91. The van der Waals surface area contributed by atoms with Gasteiger partial charge in [0.25, 0.3) is 5.91 Å². The maximum Gasteiger partial charge on any atom is 0.289 e. The molecule has 1 amide bonds. The third kappa shape index (κ3) is 4.88. The molecule has 0 aliphatic carbocycles. The number of hydrogen-bond donors (Lipinski definition) is 1. The highest BCUT2D eigenvalue weighted by Crippen LogP contribution is 2.26. The van der Waals surface area contributed by atoms with E-state index in [1.165, 1.54) is 4.90 Å². The van der Waals surface area contributed by atoms with Crippen LogP contribution in [0.4, 0.5) is 0 Å². The minimum atomic E-state index is -0.115. The van der Waals surface area contributed by atoms with E-state index < -0.39 is 0 Å². The van der Waals surface area contributed by atoms with Gasteiger partial charge in [-0.3, -0.25) is 4.79 Å². The van der Waals surface area contributed by atoms with Gasteiger partial charge in [0.1, 0.15) is 0 Å². The molecular weight excluding hydrogens is 308 g/mol. The summed E-state index contributed by atoms with van der Waals surface area (Å²) in [4.78, 5) is 15.5. The average Bonchev–Trinajstić information content (AvgIpc) is 3.01. The van der Waals surface area contributed by atoms with Crippen LogP contribution in [0.15, 0.2) is 52.0 Å². The molecule has 1 aromatic heterocycles. The number of benzene rings is 1. The number of nitrogens with two attached hydrogens (primary N) is 1. The molecule has 124 valence electrons. The van der Waals surface area contributed by atoms with Gasteiger partial charge in [0.15, 0.2) is 5.76 Å². The molecule has 23 heavy (non-hydrogen) atoms. The molecule has 5 heteroatoms. The number of carbonyl (C=O) groups excluding carboxylic acids is 1. The third-order valence-electron chi connectivity index (χ3n) is 3.64. The molecular formula is C18H24N2O2S. The number of hydrogen-bond acceptors (Lipinski definition) is 4. The highest BCUT2D eigenvalue weighted by molar-refractivity contribution is 7.98. The number of carbonyl (C=O) groups is 1. The summed E-state index contributed by atoms with van der Waals surface area (Å²) in [5.41, 5.74) is 6.55. The van der Waals surface area contributed by atoms with Crippen molar-refractivity contribution >= 4 is 17.7 Å². The smallest absolute Gasteiger partial charge is 0.289 e. The lowest BCUT2D eigenvalue weighted by Crippen LogP contribution is -2.39. The van der Waals surface area contributed by atoms with Crippen LogP contribution in [0.5, 0.6) is 0 Å². The number of amides is 1. The van der Waals surface area contributed by atoms with Crippen molar-refractivity contribution in [2.45, 2.75) is 24.5 Å². The summed E-state index contributed by atoms with van der Waals surface area (Å²) in [7, 11) is 1.79. The first-order chi connectivity index (χ1) is 10.9.